The number of aromatic nitrogens is 2. The van der Waals surface area contributed by atoms with Crippen molar-refractivity contribution in [3.8, 4) is 11.5 Å². The summed E-state index contributed by atoms with van der Waals surface area (Å²) in [6, 6.07) is 15.4. The molecule has 0 amide bonds. The van der Waals surface area contributed by atoms with Crippen molar-refractivity contribution in [2.24, 2.45) is 0 Å². The van der Waals surface area contributed by atoms with E-state index in [1.54, 1.807) is 20.4 Å². The Morgan fingerprint density at radius 3 is 2.67 bits per heavy atom. The van der Waals surface area contributed by atoms with E-state index in [-0.39, 0.29) is 5.92 Å². The van der Waals surface area contributed by atoms with Gasteiger partial charge in [0.05, 0.1) is 32.9 Å². The summed E-state index contributed by atoms with van der Waals surface area (Å²) in [6.45, 7) is 7.90. The van der Waals surface area contributed by atoms with E-state index in [0.29, 0.717) is 5.70 Å². The van der Waals surface area contributed by atoms with E-state index in [0.717, 1.165) is 39.7 Å². The van der Waals surface area contributed by atoms with Gasteiger partial charge < -0.3 is 14.8 Å². The molecule has 0 spiro atoms. The maximum absolute atomic E-state index is 7.90. The molecule has 0 bridgehead atoms. The number of anilines is 1. The Labute approximate surface area is 157 Å². The Kier molecular flexibility index (Phi) is 4.27. The molecule has 1 atom stereocenters. The van der Waals surface area contributed by atoms with Crippen LogP contribution in [0.2, 0.25) is 0 Å². The number of benzene rings is 2. The van der Waals surface area contributed by atoms with E-state index in [9.17, 15) is 0 Å². The number of nitrogens with zero attached hydrogens (tertiary/aromatic N) is 2. The quantitative estimate of drug-likeness (QED) is 0.684. The summed E-state index contributed by atoms with van der Waals surface area (Å²) in [5.74, 6) is 1.96. The summed E-state index contributed by atoms with van der Waals surface area (Å²) in [5, 5.41) is 10.5. The normalized spacial score (nSPS) is 15.5. The van der Waals surface area contributed by atoms with Crippen LogP contribution in [-0.2, 0) is 0 Å². The van der Waals surface area contributed by atoms with Gasteiger partial charge in [-0.1, -0.05) is 30.3 Å². The third-order valence-corrected chi connectivity index (χ3v) is 4.69. The van der Waals surface area contributed by atoms with E-state index in [1.165, 1.54) is 0 Å². The van der Waals surface area contributed by atoms with Crippen LogP contribution in [0.4, 0.5) is 5.82 Å². The van der Waals surface area contributed by atoms with Gasteiger partial charge in [0.2, 0.25) is 5.70 Å². The molecular weight excluding hydrogens is 340 g/mol. The number of methoxy groups -OCH3 is 2. The molecule has 4 rings (SSSR count). The minimum atomic E-state index is -0.283. The Morgan fingerprint density at radius 1 is 1.04 bits per heavy atom. The number of hydrogen-bond acceptors (Lipinski definition) is 4. The van der Waals surface area contributed by atoms with Crippen molar-refractivity contribution in [2.45, 2.75) is 5.92 Å². The lowest BCUT2D eigenvalue weighted by molar-refractivity contribution is 0.409. The lowest BCUT2D eigenvalue weighted by Gasteiger charge is -2.27. The molecule has 0 saturated heterocycles. The van der Waals surface area contributed by atoms with E-state index < -0.39 is 0 Å². The lowest BCUT2D eigenvalue weighted by atomic mass is 9.85. The van der Waals surface area contributed by atoms with Crippen LogP contribution in [0.1, 0.15) is 22.6 Å². The van der Waals surface area contributed by atoms with Crippen molar-refractivity contribution < 1.29 is 9.47 Å². The fourth-order valence-corrected chi connectivity index (χ4v) is 3.43. The highest BCUT2D eigenvalue weighted by atomic mass is 16.5. The van der Waals surface area contributed by atoms with Crippen molar-refractivity contribution >= 4 is 11.5 Å². The van der Waals surface area contributed by atoms with Gasteiger partial charge in [0.1, 0.15) is 17.3 Å². The predicted octanol–water partition coefficient (Wildman–Crippen LogP) is 4.27. The fourth-order valence-electron chi connectivity index (χ4n) is 3.43. The van der Waals surface area contributed by atoms with Crippen LogP contribution in [0.3, 0.4) is 0 Å². The molecule has 0 saturated carbocycles. The zero-order chi connectivity index (χ0) is 18.8. The number of fused-ring (bicyclic) bond motifs is 1. The standard InChI is InChI=1S/C21H18N4O2/c1-22-20-18(15-9-4-5-10-17(15)27-3)16-12-23-25-21(16)24-19(20)13-7-6-8-14(11-13)26-2/h4-12,18H,2-3H3,(H2,23,24,25). The van der Waals surface area contributed by atoms with Crippen LogP contribution in [0, 0.1) is 6.57 Å². The Bertz CT molecular complexity index is 1060. The van der Waals surface area contributed by atoms with Crippen molar-refractivity contribution in [3.05, 3.63) is 88.5 Å². The van der Waals surface area contributed by atoms with E-state index in [2.05, 4.69) is 20.4 Å². The fraction of sp³-hybridized carbons (Fsp3) is 0.143. The summed E-state index contributed by atoms with van der Waals surface area (Å²) in [4.78, 5) is 3.90. The van der Waals surface area contributed by atoms with Crippen molar-refractivity contribution in [3.63, 3.8) is 0 Å². The molecular formula is C21H18N4O2. The second-order valence-electron chi connectivity index (χ2n) is 6.10. The monoisotopic (exact) mass is 358 g/mol. The molecule has 6 heteroatoms. The summed E-state index contributed by atoms with van der Waals surface area (Å²) < 4.78 is 10.9. The Morgan fingerprint density at radius 2 is 1.89 bits per heavy atom. The van der Waals surface area contributed by atoms with Gasteiger partial charge in [-0.3, -0.25) is 5.10 Å². The molecule has 6 nitrogen and oxygen atoms in total. The second-order valence-corrected chi connectivity index (χ2v) is 6.10. The first-order valence-corrected chi connectivity index (χ1v) is 8.46. The molecule has 1 aromatic heterocycles. The van der Waals surface area contributed by atoms with Gasteiger partial charge in [-0.15, -0.1) is 0 Å². The number of aromatic amines is 1. The van der Waals surface area contributed by atoms with Crippen LogP contribution in [-0.4, -0.2) is 24.4 Å². The van der Waals surface area contributed by atoms with Crippen LogP contribution < -0.4 is 14.8 Å². The second kappa shape index (κ2) is 6.89. The molecule has 0 fully saturated rings. The third kappa shape index (κ3) is 2.79. The molecule has 1 unspecified atom stereocenters. The van der Waals surface area contributed by atoms with Gasteiger partial charge in [-0.05, 0) is 29.3 Å². The van der Waals surface area contributed by atoms with Crippen molar-refractivity contribution in [2.75, 3.05) is 19.5 Å². The SMILES string of the molecule is [C-]#[N+]C1=C(c2cccc(OC)c2)Nc2[nH]ncc2C1c1ccccc1OC. The predicted molar refractivity (Wildman–Crippen MR) is 104 cm³/mol. The third-order valence-electron chi connectivity index (χ3n) is 4.69. The molecule has 3 aromatic rings. The number of hydrogen-bond donors (Lipinski definition) is 2. The van der Waals surface area contributed by atoms with Crippen molar-refractivity contribution in [1.82, 2.24) is 10.2 Å². The molecule has 1 aliphatic heterocycles. The van der Waals surface area contributed by atoms with Gasteiger partial charge in [-0.2, -0.15) is 5.10 Å². The highest BCUT2D eigenvalue weighted by Gasteiger charge is 2.33. The summed E-state index contributed by atoms with van der Waals surface area (Å²) in [7, 11) is 3.27. The minimum absolute atomic E-state index is 0.283. The number of H-pyrrole nitrogens is 1. The van der Waals surface area contributed by atoms with E-state index >= 15 is 0 Å². The number of rotatable bonds is 4. The van der Waals surface area contributed by atoms with Crippen LogP contribution in [0.5, 0.6) is 11.5 Å². The van der Waals surface area contributed by atoms with Gasteiger partial charge >= 0.3 is 0 Å². The molecule has 1 aliphatic rings. The smallest absolute Gasteiger partial charge is 0.200 e. The summed E-state index contributed by atoms with van der Waals surface area (Å²) in [5.41, 5.74) is 4.03. The summed E-state index contributed by atoms with van der Waals surface area (Å²) >= 11 is 0. The largest absolute Gasteiger partial charge is 0.497 e. The topological polar surface area (TPSA) is 63.5 Å². The molecule has 27 heavy (non-hydrogen) atoms. The minimum Gasteiger partial charge on any atom is -0.497 e. The maximum Gasteiger partial charge on any atom is 0.200 e. The number of para-hydroxylation sites is 1. The zero-order valence-corrected chi connectivity index (χ0v) is 15.0. The molecule has 2 aromatic carbocycles. The molecule has 2 heterocycles. The van der Waals surface area contributed by atoms with Crippen LogP contribution >= 0.6 is 0 Å². The first kappa shape index (κ1) is 16.7. The zero-order valence-electron chi connectivity index (χ0n) is 15.0. The average molecular weight is 358 g/mol. The Balaban J connectivity index is 1.96. The molecule has 0 radical (unpaired) electrons. The van der Waals surface area contributed by atoms with E-state index in [4.69, 9.17) is 16.0 Å². The Hall–Kier alpha value is -3.72. The van der Waals surface area contributed by atoms with E-state index in [1.807, 2.05) is 48.5 Å². The highest BCUT2D eigenvalue weighted by Crippen LogP contribution is 2.46. The summed E-state index contributed by atoms with van der Waals surface area (Å²) in [6.07, 6.45) is 1.76. The first-order chi connectivity index (χ1) is 13.3. The number of ether oxygens (including phenoxy) is 2. The number of allylic oxidation sites excluding steroid dienone is 1. The van der Waals surface area contributed by atoms with Gasteiger partial charge in [-0.25, -0.2) is 4.85 Å². The average Bonchev–Trinajstić information content (AvgIpc) is 3.20. The molecule has 134 valence electrons. The van der Waals surface area contributed by atoms with Gasteiger partial charge in [0.25, 0.3) is 0 Å². The van der Waals surface area contributed by atoms with Crippen molar-refractivity contribution in [1.29, 1.82) is 0 Å². The highest BCUT2D eigenvalue weighted by molar-refractivity contribution is 5.86. The van der Waals surface area contributed by atoms with Gasteiger partial charge in [0.15, 0.2) is 0 Å². The van der Waals surface area contributed by atoms with Crippen LogP contribution in [0.25, 0.3) is 10.5 Å². The van der Waals surface area contributed by atoms with Gasteiger partial charge in [0, 0.05) is 11.3 Å². The maximum atomic E-state index is 7.90. The lowest BCUT2D eigenvalue weighted by Crippen LogP contribution is -2.16. The van der Waals surface area contributed by atoms with Crippen LogP contribution in [0.15, 0.2) is 60.4 Å². The number of nitrogens with one attached hydrogen (secondary N) is 2. The molecule has 2 N–H and O–H groups in total. The molecule has 0 aliphatic carbocycles. The first-order valence-electron chi connectivity index (χ1n) is 8.46.